The molecule has 5 heteroatoms. The molecule has 114 valence electrons. The zero-order valence-electron chi connectivity index (χ0n) is 12.3. The smallest absolute Gasteiger partial charge is 0.124 e. The molecule has 0 aliphatic rings. The van der Waals surface area contributed by atoms with Crippen LogP contribution in [0.1, 0.15) is 23.7 Å². The first-order valence-corrected chi connectivity index (χ1v) is 8.06. The summed E-state index contributed by atoms with van der Waals surface area (Å²) in [5.41, 5.74) is 1.94. The first kappa shape index (κ1) is 17.3. The summed E-state index contributed by atoms with van der Waals surface area (Å²) in [4.78, 5) is 0. The SMILES string of the molecule is COc1ccc(C)cc1C(O)CNCCSCCCO. The quantitative estimate of drug-likeness (QED) is 0.575. The van der Waals surface area contributed by atoms with Crippen LogP contribution in [0.3, 0.4) is 0 Å². The van der Waals surface area contributed by atoms with Crippen LogP contribution in [-0.4, -0.2) is 48.5 Å². The van der Waals surface area contributed by atoms with Gasteiger partial charge in [0.25, 0.3) is 0 Å². The predicted octanol–water partition coefficient (Wildman–Crippen LogP) is 1.74. The maximum absolute atomic E-state index is 10.2. The predicted molar refractivity (Wildman–Crippen MR) is 84.6 cm³/mol. The van der Waals surface area contributed by atoms with Gasteiger partial charge in [-0.1, -0.05) is 11.6 Å². The molecule has 0 aromatic heterocycles. The van der Waals surface area contributed by atoms with E-state index in [1.807, 2.05) is 25.1 Å². The second-order valence-electron chi connectivity index (χ2n) is 4.65. The molecule has 0 saturated carbocycles. The molecule has 4 nitrogen and oxygen atoms in total. The molecule has 1 aromatic rings. The van der Waals surface area contributed by atoms with Gasteiger partial charge in [-0.3, -0.25) is 0 Å². The third kappa shape index (κ3) is 6.13. The van der Waals surface area contributed by atoms with Gasteiger partial charge in [-0.2, -0.15) is 11.8 Å². The fraction of sp³-hybridized carbons (Fsp3) is 0.600. The molecule has 0 radical (unpaired) electrons. The molecule has 20 heavy (non-hydrogen) atoms. The van der Waals surface area contributed by atoms with Crippen LogP contribution < -0.4 is 10.1 Å². The fourth-order valence-electron chi connectivity index (χ4n) is 1.88. The number of nitrogens with one attached hydrogen (secondary N) is 1. The molecule has 1 aromatic carbocycles. The lowest BCUT2D eigenvalue weighted by atomic mass is 10.1. The van der Waals surface area contributed by atoms with Crippen LogP contribution in [0.4, 0.5) is 0 Å². The van der Waals surface area contributed by atoms with Crippen molar-refractivity contribution >= 4 is 11.8 Å². The van der Waals surface area contributed by atoms with Crippen LogP contribution >= 0.6 is 11.8 Å². The third-order valence-corrected chi connectivity index (χ3v) is 4.02. The first-order valence-electron chi connectivity index (χ1n) is 6.91. The monoisotopic (exact) mass is 299 g/mol. The van der Waals surface area contributed by atoms with Gasteiger partial charge in [0.2, 0.25) is 0 Å². The van der Waals surface area contributed by atoms with Gasteiger partial charge in [-0.05, 0) is 31.2 Å². The molecule has 0 spiro atoms. The Balaban J connectivity index is 2.32. The molecule has 0 amide bonds. The Morgan fingerprint density at radius 3 is 2.85 bits per heavy atom. The van der Waals surface area contributed by atoms with E-state index in [1.54, 1.807) is 18.9 Å². The Morgan fingerprint density at radius 2 is 2.15 bits per heavy atom. The number of benzene rings is 1. The van der Waals surface area contributed by atoms with Crippen molar-refractivity contribution in [2.75, 3.05) is 38.3 Å². The lowest BCUT2D eigenvalue weighted by Gasteiger charge is -2.16. The highest BCUT2D eigenvalue weighted by molar-refractivity contribution is 7.99. The van der Waals surface area contributed by atoms with Crippen molar-refractivity contribution in [2.24, 2.45) is 0 Å². The average molecular weight is 299 g/mol. The summed E-state index contributed by atoms with van der Waals surface area (Å²) in [6.07, 6.45) is 0.278. The summed E-state index contributed by atoms with van der Waals surface area (Å²) in [7, 11) is 1.62. The molecule has 0 aliphatic heterocycles. The molecule has 0 aliphatic carbocycles. The van der Waals surface area contributed by atoms with Crippen LogP contribution in [0.15, 0.2) is 18.2 Å². The van der Waals surface area contributed by atoms with Crippen LogP contribution in [0.2, 0.25) is 0 Å². The van der Waals surface area contributed by atoms with Gasteiger partial charge in [0.05, 0.1) is 13.2 Å². The summed E-state index contributed by atoms with van der Waals surface area (Å²) in [5, 5.41) is 22.1. The number of aliphatic hydroxyl groups is 2. The number of thioether (sulfide) groups is 1. The minimum atomic E-state index is -0.563. The highest BCUT2D eigenvalue weighted by atomic mass is 32.2. The molecule has 0 fully saturated rings. The van der Waals surface area contributed by atoms with Gasteiger partial charge >= 0.3 is 0 Å². The Morgan fingerprint density at radius 1 is 1.35 bits per heavy atom. The lowest BCUT2D eigenvalue weighted by molar-refractivity contribution is 0.171. The highest BCUT2D eigenvalue weighted by Gasteiger charge is 2.12. The zero-order valence-corrected chi connectivity index (χ0v) is 13.1. The van der Waals surface area contributed by atoms with E-state index < -0.39 is 6.10 Å². The van der Waals surface area contributed by atoms with E-state index in [4.69, 9.17) is 9.84 Å². The van der Waals surface area contributed by atoms with E-state index in [9.17, 15) is 5.11 Å². The van der Waals surface area contributed by atoms with E-state index in [2.05, 4.69) is 5.32 Å². The van der Waals surface area contributed by atoms with Crippen molar-refractivity contribution in [3.8, 4) is 5.75 Å². The van der Waals surface area contributed by atoms with E-state index in [0.29, 0.717) is 6.54 Å². The second kappa shape index (κ2) is 10.0. The largest absolute Gasteiger partial charge is 0.496 e. The molecule has 1 atom stereocenters. The van der Waals surface area contributed by atoms with Gasteiger partial charge in [-0.15, -0.1) is 0 Å². The maximum Gasteiger partial charge on any atom is 0.124 e. The third-order valence-electron chi connectivity index (χ3n) is 2.95. The van der Waals surface area contributed by atoms with Crippen LogP contribution in [0.5, 0.6) is 5.75 Å². The summed E-state index contributed by atoms with van der Waals surface area (Å²) in [5.74, 6) is 2.69. The number of aryl methyl sites for hydroxylation is 1. The Hall–Kier alpha value is -0.750. The molecular formula is C15H25NO3S. The standard InChI is InChI=1S/C15H25NO3S/c1-12-4-5-15(19-2)13(10-12)14(18)11-16-6-9-20-8-3-7-17/h4-5,10,14,16-18H,3,6-9,11H2,1-2H3. The Bertz CT molecular complexity index is 387. The van der Waals surface area contributed by atoms with Gasteiger partial charge in [0.1, 0.15) is 5.75 Å². The van der Waals surface area contributed by atoms with Crippen molar-refractivity contribution < 1.29 is 14.9 Å². The number of hydrogen-bond acceptors (Lipinski definition) is 5. The molecule has 0 bridgehead atoms. The molecule has 3 N–H and O–H groups in total. The Labute approximate surface area is 125 Å². The lowest BCUT2D eigenvalue weighted by Crippen LogP contribution is -2.24. The number of aliphatic hydroxyl groups excluding tert-OH is 2. The second-order valence-corrected chi connectivity index (χ2v) is 5.88. The van der Waals surface area contributed by atoms with Crippen LogP contribution in [-0.2, 0) is 0 Å². The van der Waals surface area contributed by atoms with E-state index in [1.165, 1.54) is 0 Å². The normalized spacial score (nSPS) is 12.4. The van der Waals surface area contributed by atoms with Crippen molar-refractivity contribution in [3.05, 3.63) is 29.3 Å². The number of ether oxygens (including phenoxy) is 1. The van der Waals surface area contributed by atoms with Crippen LogP contribution in [0.25, 0.3) is 0 Å². The maximum atomic E-state index is 10.2. The topological polar surface area (TPSA) is 61.7 Å². The summed E-state index contributed by atoms with van der Waals surface area (Å²) >= 11 is 1.81. The summed E-state index contributed by atoms with van der Waals surface area (Å²) < 4.78 is 5.28. The summed E-state index contributed by atoms with van der Waals surface area (Å²) in [6.45, 7) is 3.62. The number of hydrogen-bond donors (Lipinski definition) is 3. The van der Waals surface area contributed by atoms with Gasteiger partial charge in [0, 0.05) is 31.0 Å². The van der Waals surface area contributed by atoms with Crippen molar-refractivity contribution in [1.82, 2.24) is 5.32 Å². The Kier molecular flexibility index (Phi) is 8.69. The van der Waals surface area contributed by atoms with Crippen molar-refractivity contribution in [2.45, 2.75) is 19.4 Å². The van der Waals surface area contributed by atoms with Gasteiger partial charge < -0.3 is 20.3 Å². The molecular weight excluding hydrogens is 274 g/mol. The van der Waals surface area contributed by atoms with Crippen LogP contribution in [0, 0.1) is 6.92 Å². The van der Waals surface area contributed by atoms with Crippen molar-refractivity contribution in [3.63, 3.8) is 0 Å². The van der Waals surface area contributed by atoms with E-state index in [-0.39, 0.29) is 6.61 Å². The summed E-state index contributed by atoms with van der Waals surface area (Å²) in [6, 6.07) is 5.82. The van der Waals surface area contributed by atoms with Gasteiger partial charge in [-0.25, -0.2) is 0 Å². The average Bonchev–Trinajstić information content (AvgIpc) is 2.46. The number of methoxy groups -OCH3 is 1. The molecule has 0 heterocycles. The molecule has 1 rings (SSSR count). The minimum absolute atomic E-state index is 0.256. The molecule has 0 saturated heterocycles. The fourth-order valence-corrected chi connectivity index (χ4v) is 2.70. The van der Waals surface area contributed by atoms with E-state index in [0.717, 1.165) is 41.3 Å². The number of rotatable bonds is 10. The van der Waals surface area contributed by atoms with Crippen molar-refractivity contribution in [1.29, 1.82) is 0 Å². The molecule has 1 unspecified atom stereocenters. The minimum Gasteiger partial charge on any atom is -0.496 e. The zero-order chi connectivity index (χ0) is 14.8. The van der Waals surface area contributed by atoms with Gasteiger partial charge in [0.15, 0.2) is 0 Å². The first-order chi connectivity index (χ1) is 9.69. The van der Waals surface area contributed by atoms with E-state index >= 15 is 0 Å². The highest BCUT2D eigenvalue weighted by Crippen LogP contribution is 2.25.